The van der Waals surface area contributed by atoms with E-state index in [4.69, 9.17) is 31.5 Å². The number of hydrogen-bond donors (Lipinski definition) is 1. The summed E-state index contributed by atoms with van der Waals surface area (Å²) in [6.45, 7) is 2.25. The number of nitrogens with two attached hydrogens (primary N) is 1. The number of alkyl halides is 3. The topological polar surface area (TPSA) is 141 Å². The lowest BCUT2D eigenvalue weighted by atomic mass is 10.1. The lowest BCUT2D eigenvalue weighted by Gasteiger charge is -2.24. The largest absolute Gasteiger partial charge is 0.523 e. The highest BCUT2D eigenvalue weighted by Crippen LogP contribution is 2.44. The molecule has 0 bridgehead atoms. The molecule has 0 saturated carbocycles. The molecule has 2 aliphatic rings. The van der Waals surface area contributed by atoms with Crippen LogP contribution in [0, 0.1) is 0 Å². The molecule has 2 saturated heterocycles. The molecule has 0 radical (unpaired) electrons. The van der Waals surface area contributed by atoms with Gasteiger partial charge in [-0.05, 0) is 25.4 Å². The maximum atomic E-state index is 12.6. The van der Waals surface area contributed by atoms with Crippen molar-refractivity contribution in [1.82, 2.24) is 19.5 Å². The van der Waals surface area contributed by atoms with Gasteiger partial charge in [-0.15, -0.1) is 0 Å². The summed E-state index contributed by atoms with van der Waals surface area (Å²) in [7, 11) is -5.81. The first-order valence-corrected chi connectivity index (χ1v) is 10.2. The average Bonchev–Trinajstić information content (AvgIpc) is 3.23. The quantitative estimate of drug-likeness (QED) is 0.393. The molecule has 2 fully saturated rings. The molecule has 2 N–H and O–H groups in total. The summed E-state index contributed by atoms with van der Waals surface area (Å²) in [5, 5.41) is -0.156. The van der Waals surface area contributed by atoms with Crippen LogP contribution < -0.4 is 5.73 Å². The van der Waals surface area contributed by atoms with Gasteiger partial charge in [-0.2, -0.15) is 31.6 Å². The van der Waals surface area contributed by atoms with Crippen LogP contribution in [-0.4, -0.2) is 64.2 Å². The maximum Gasteiger partial charge on any atom is 0.523 e. The first kappa shape index (κ1) is 21.5. The Morgan fingerprint density at radius 3 is 2.63 bits per heavy atom. The van der Waals surface area contributed by atoms with Crippen molar-refractivity contribution in [2.75, 3.05) is 12.3 Å². The Labute approximate surface area is 172 Å². The Morgan fingerprint density at radius 2 is 1.97 bits per heavy atom. The number of anilines is 1. The number of halogens is 4. The fraction of sp³-hybridized carbons (Fsp3) is 0.643. The van der Waals surface area contributed by atoms with Crippen LogP contribution in [0.25, 0.3) is 11.2 Å². The summed E-state index contributed by atoms with van der Waals surface area (Å²) in [5.41, 5.74) is 0.623. The third-order valence-corrected chi connectivity index (χ3v) is 5.67. The van der Waals surface area contributed by atoms with Gasteiger partial charge in [0.05, 0.1) is 12.9 Å². The molecule has 4 heterocycles. The molecule has 166 valence electrons. The minimum Gasteiger partial charge on any atom is -0.382 e. The van der Waals surface area contributed by atoms with Crippen LogP contribution in [0.5, 0.6) is 0 Å². The van der Waals surface area contributed by atoms with E-state index in [1.807, 2.05) is 0 Å². The number of fused-ring (bicyclic) bond motifs is 2. The van der Waals surface area contributed by atoms with Gasteiger partial charge in [-0.3, -0.25) is 8.75 Å². The van der Waals surface area contributed by atoms with E-state index >= 15 is 0 Å². The fourth-order valence-electron chi connectivity index (χ4n) is 3.34. The minimum absolute atomic E-state index is 0.0124. The first-order valence-electron chi connectivity index (χ1n) is 8.41. The predicted octanol–water partition coefficient (Wildman–Crippen LogP) is 1.35. The van der Waals surface area contributed by atoms with Crippen molar-refractivity contribution in [2.45, 2.75) is 49.7 Å². The minimum atomic E-state index is -5.81. The molecule has 2 aromatic rings. The average molecular weight is 474 g/mol. The Kier molecular flexibility index (Phi) is 4.91. The van der Waals surface area contributed by atoms with Crippen molar-refractivity contribution < 1.29 is 40.0 Å². The Hall–Kier alpha value is -1.78. The van der Waals surface area contributed by atoms with Gasteiger partial charge in [0.1, 0.15) is 23.8 Å². The van der Waals surface area contributed by atoms with Gasteiger partial charge in [-0.1, -0.05) is 0 Å². The monoisotopic (exact) mass is 473 g/mol. The molecule has 0 spiro atoms. The van der Waals surface area contributed by atoms with Gasteiger partial charge in [0.2, 0.25) is 5.28 Å². The summed E-state index contributed by atoms with van der Waals surface area (Å²) in [5.74, 6) is -1.10. The second-order valence-electron chi connectivity index (χ2n) is 7.02. The van der Waals surface area contributed by atoms with Gasteiger partial charge < -0.3 is 19.9 Å². The van der Waals surface area contributed by atoms with Crippen LogP contribution >= 0.6 is 11.6 Å². The third-order valence-electron chi connectivity index (χ3n) is 4.49. The molecular formula is C14H15ClF3N5O6S. The molecule has 2 aliphatic heterocycles. The van der Waals surface area contributed by atoms with E-state index in [0.717, 1.165) is 0 Å². The Bertz CT molecular complexity index is 1090. The van der Waals surface area contributed by atoms with Crippen LogP contribution in [0.3, 0.4) is 0 Å². The number of nitrogen functional groups attached to an aromatic ring is 1. The number of nitrogens with zero attached hydrogens (tertiary/aromatic N) is 4. The number of rotatable bonds is 4. The standard InChI is InChI=1S/C14H15ClF3N5O6S/c1-13(2)28-7-5(3-26-30(24,25)14(16,17)18)27-11(8(7)29-13)23-4-20-6-9(19)21-12(15)22-10(6)23/h4-5,7-8,11H,3H2,1-2H3,(H2,19,21,22). The summed E-state index contributed by atoms with van der Waals surface area (Å²) >= 11 is 5.85. The maximum absolute atomic E-state index is 12.6. The zero-order valence-electron chi connectivity index (χ0n) is 15.3. The highest BCUT2D eigenvalue weighted by Gasteiger charge is 2.57. The van der Waals surface area contributed by atoms with E-state index in [1.165, 1.54) is 10.9 Å². The number of hydrogen-bond acceptors (Lipinski definition) is 10. The lowest BCUT2D eigenvalue weighted by molar-refractivity contribution is -0.199. The van der Waals surface area contributed by atoms with Crippen LogP contribution in [0.15, 0.2) is 6.33 Å². The van der Waals surface area contributed by atoms with Gasteiger partial charge in [0, 0.05) is 0 Å². The number of imidazole rings is 1. The Morgan fingerprint density at radius 1 is 1.30 bits per heavy atom. The Balaban J connectivity index is 1.66. The SMILES string of the molecule is CC1(C)OC2C(COS(=O)(=O)C(F)(F)F)OC(n3cnc4c(N)nc(Cl)nc43)C2O1. The molecule has 4 atom stereocenters. The second kappa shape index (κ2) is 6.86. The van der Waals surface area contributed by atoms with E-state index in [9.17, 15) is 21.6 Å². The zero-order valence-corrected chi connectivity index (χ0v) is 16.9. The highest BCUT2D eigenvalue weighted by atomic mass is 35.5. The second-order valence-corrected chi connectivity index (χ2v) is 8.96. The molecule has 4 rings (SSSR count). The van der Waals surface area contributed by atoms with Crippen molar-refractivity contribution >= 4 is 38.7 Å². The van der Waals surface area contributed by atoms with Gasteiger partial charge in [-0.25, -0.2) is 4.98 Å². The first-order chi connectivity index (χ1) is 13.8. The molecule has 4 unspecified atom stereocenters. The van der Waals surface area contributed by atoms with Crippen molar-refractivity contribution in [1.29, 1.82) is 0 Å². The van der Waals surface area contributed by atoms with Crippen LogP contribution in [-0.2, 0) is 28.5 Å². The normalized spacial score (nSPS) is 28.9. The summed E-state index contributed by atoms with van der Waals surface area (Å²) in [6.07, 6.45) is -2.64. The highest BCUT2D eigenvalue weighted by molar-refractivity contribution is 7.87. The third kappa shape index (κ3) is 3.58. The van der Waals surface area contributed by atoms with Crippen LogP contribution in [0.2, 0.25) is 5.28 Å². The smallest absolute Gasteiger partial charge is 0.382 e. The van der Waals surface area contributed by atoms with Crippen molar-refractivity contribution in [3.05, 3.63) is 11.6 Å². The summed E-state index contributed by atoms with van der Waals surface area (Å²) < 4.78 is 83.1. The molecule has 16 heteroatoms. The molecule has 2 aromatic heterocycles. The summed E-state index contributed by atoms with van der Waals surface area (Å²) in [6, 6.07) is 0. The van der Waals surface area contributed by atoms with Crippen molar-refractivity contribution in [2.24, 2.45) is 0 Å². The lowest BCUT2D eigenvalue weighted by Crippen LogP contribution is -2.36. The molecule has 30 heavy (non-hydrogen) atoms. The molecule has 0 amide bonds. The summed E-state index contributed by atoms with van der Waals surface area (Å²) in [4.78, 5) is 11.9. The molecule has 11 nitrogen and oxygen atoms in total. The number of aromatic nitrogens is 4. The van der Waals surface area contributed by atoms with Gasteiger partial charge in [0.15, 0.2) is 23.5 Å². The van der Waals surface area contributed by atoms with Crippen LogP contribution in [0.1, 0.15) is 20.1 Å². The van der Waals surface area contributed by atoms with Gasteiger partial charge in [0.25, 0.3) is 0 Å². The van der Waals surface area contributed by atoms with Gasteiger partial charge >= 0.3 is 15.6 Å². The fourth-order valence-corrected chi connectivity index (χ4v) is 3.96. The molecule has 0 aromatic carbocycles. The van der Waals surface area contributed by atoms with Crippen LogP contribution in [0.4, 0.5) is 19.0 Å². The zero-order chi connectivity index (χ0) is 22.1. The van der Waals surface area contributed by atoms with E-state index in [1.54, 1.807) is 13.8 Å². The number of ether oxygens (including phenoxy) is 3. The van der Waals surface area contributed by atoms with Crippen molar-refractivity contribution in [3.8, 4) is 0 Å². The van der Waals surface area contributed by atoms with E-state index in [-0.39, 0.29) is 22.3 Å². The predicted molar refractivity (Wildman–Crippen MR) is 93.4 cm³/mol. The van der Waals surface area contributed by atoms with E-state index < -0.39 is 52.6 Å². The molecule has 0 aliphatic carbocycles. The van der Waals surface area contributed by atoms with E-state index in [2.05, 4.69) is 19.1 Å². The van der Waals surface area contributed by atoms with E-state index in [0.29, 0.717) is 0 Å². The van der Waals surface area contributed by atoms with Crippen molar-refractivity contribution in [3.63, 3.8) is 0 Å². The molecular weight excluding hydrogens is 459 g/mol.